The molecule has 1 aromatic carbocycles. The Labute approximate surface area is 119 Å². The molecule has 0 bridgehead atoms. The lowest BCUT2D eigenvalue weighted by molar-refractivity contribution is 0.0320. The van der Waals surface area contributed by atoms with Gasteiger partial charge in [-0.1, -0.05) is 0 Å². The van der Waals surface area contributed by atoms with Crippen molar-refractivity contribution in [1.29, 1.82) is 0 Å². The quantitative estimate of drug-likeness (QED) is 0.666. The first-order chi connectivity index (χ1) is 9.44. The molecule has 114 valence electrons. The summed E-state index contributed by atoms with van der Waals surface area (Å²) in [4.78, 5) is 0.0795. The Morgan fingerprint density at radius 1 is 1.30 bits per heavy atom. The summed E-state index contributed by atoms with van der Waals surface area (Å²) in [5, 5.41) is 0. The van der Waals surface area contributed by atoms with E-state index in [9.17, 15) is 8.42 Å². The van der Waals surface area contributed by atoms with Crippen molar-refractivity contribution < 1.29 is 22.6 Å². The van der Waals surface area contributed by atoms with Gasteiger partial charge in [0.15, 0.2) is 0 Å². The third-order valence-corrected chi connectivity index (χ3v) is 4.12. The van der Waals surface area contributed by atoms with Gasteiger partial charge in [-0.3, -0.25) is 0 Å². The number of ether oxygens (including phenoxy) is 3. The van der Waals surface area contributed by atoms with E-state index in [1.165, 1.54) is 39.5 Å². The molecule has 1 unspecified atom stereocenters. The van der Waals surface area contributed by atoms with Crippen LogP contribution in [0.15, 0.2) is 23.1 Å². The normalized spacial score (nSPS) is 13.2. The number of methoxy groups -OCH3 is 3. The molecule has 0 aromatic heterocycles. The van der Waals surface area contributed by atoms with E-state index >= 15 is 0 Å². The van der Waals surface area contributed by atoms with Gasteiger partial charge < -0.3 is 19.9 Å². The lowest BCUT2D eigenvalue weighted by atomic mass is 10.3. The Hall–Kier alpha value is -1.35. The van der Waals surface area contributed by atoms with Gasteiger partial charge in [-0.05, 0) is 12.1 Å². The smallest absolute Gasteiger partial charge is 0.240 e. The lowest BCUT2D eigenvalue weighted by Crippen LogP contribution is -2.35. The molecule has 0 spiro atoms. The van der Waals surface area contributed by atoms with Gasteiger partial charge in [0.05, 0.1) is 30.4 Å². The van der Waals surface area contributed by atoms with Crippen molar-refractivity contribution in [2.24, 2.45) is 0 Å². The minimum absolute atomic E-state index is 0.0795. The number of hydrogen-bond donors (Lipinski definition) is 2. The largest absolute Gasteiger partial charge is 0.495 e. The van der Waals surface area contributed by atoms with Crippen LogP contribution in [0, 0.1) is 0 Å². The van der Waals surface area contributed by atoms with E-state index in [1.54, 1.807) is 0 Å². The zero-order chi connectivity index (χ0) is 15.2. The number of nitrogens with two attached hydrogens (primary N) is 1. The highest BCUT2D eigenvalue weighted by Crippen LogP contribution is 2.24. The molecule has 0 saturated heterocycles. The third-order valence-electron chi connectivity index (χ3n) is 2.70. The van der Waals surface area contributed by atoms with E-state index in [2.05, 4.69) is 4.72 Å². The summed E-state index contributed by atoms with van der Waals surface area (Å²) in [6.07, 6.45) is -0.356. The van der Waals surface area contributed by atoms with Gasteiger partial charge in [-0.2, -0.15) is 0 Å². The Balaban J connectivity index is 2.83. The zero-order valence-corrected chi connectivity index (χ0v) is 12.6. The van der Waals surface area contributed by atoms with Crippen molar-refractivity contribution in [1.82, 2.24) is 4.72 Å². The van der Waals surface area contributed by atoms with Crippen LogP contribution < -0.4 is 15.2 Å². The van der Waals surface area contributed by atoms with Crippen molar-refractivity contribution in [3.05, 3.63) is 18.2 Å². The van der Waals surface area contributed by atoms with Crippen LogP contribution in [0.2, 0.25) is 0 Å². The molecule has 0 amide bonds. The average Bonchev–Trinajstić information content (AvgIpc) is 2.43. The second-order valence-electron chi connectivity index (χ2n) is 4.07. The van der Waals surface area contributed by atoms with Gasteiger partial charge in [-0.25, -0.2) is 13.1 Å². The molecule has 0 aliphatic heterocycles. The Kier molecular flexibility index (Phi) is 6.21. The molecule has 3 N–H and O–H groups in total. The number of sulfonamides is 1. The standard InChI is InChI=1S/C12H20N2O5S/c1-17-8-9(18-2)7-14-20(15,16)10-4-5-11(13)12(6-10)19-3/h4-6,9,14H,7-8,13H2,1-3H3. The van der Waals surface area contributed by atoms with E-state index in [0.717, 1.165) is 0 Å². The molecule has 8 heteroatoms. The fourth-order valence-electron chi connectivity index (χ4n) is 1.54. The summed E-state index contributed by atoms with van der Waals surface area (Å²) < 4.78 is 41.7. The van der Waals surface area contributed by atoms with Crippen LogP contribution in [0.5, 0.6) is 5.75 Å². The van der Waals surface area contributed by atoms with Gasteiger partial charge in [0.2, 0.25) is 10.0 Å². The number of hydrogen-bond acceptors (Lipinski definition) is 6. The van der Waals surface area contributed by atoms with Crippen LogP contribution in [0.1, 0.15) is 0 Å². The number of nitrogen functional groups attached to an aromatic ring is 1. The number of anilines is 1. The average molecular weight is 304 g/mol. The van der Waals surface area contributed by atoms with Crippen molar-refractivity contribution >= 4 is 15.7 Å². The second-order valence-corrected chi connectivity index (χ2v) is 5.84. The van der Waals surface area contributed by atoms with Crippen LogP contribution in [0.3, 0.4) is 0 Å². The molecule has 20 heavy (non-hydrogen) atoms. The van der Waals surface area contributed by atoms with Crippen molar-refractivity contribution in [2.75, 3.05) is 40.2 Å². The van der Waals surface area contributed by atoms with Crippen LogP contribution in [-0.2, 0) is 19.5 Å². The van der Waals surface area contributed by atoms with Gasteiger partial charge in [0.1, 0.15) is 5.75 Å². The molecule has 1 rings (SSSR count). The zero-order valence-electron chi connectivity index (χ0n) is 11.8. The van der Waals surface area contributed by atoms with Crippen molar-refractivity contribution in [3.8, 4) is 5.75 Å². The highest BCUT2D eigenvalue weighted by Gasteiger charge is 2.18. The van der Waals surface area contributed by atoms with E-state index < -0.39 is 10.0 Å². The molecule has 0 saturated carbocycles. The van der Waals surface area contributed by atoms with Gasteiger partial charge in [-0.15, -0.1) is 0 Å². The first-order valence-electron chi connectivity index (χ1n) is 5.89. The first kappa shape index (κ1) is 16.7. The van der Waals surface area contributed by atoms with Crippen molar-refractivity contribution in [2.45, 2.75) is 11.0 Å². The summed E-state index contributed by atoms with van der Waals surface area (Å²) in [5.74, 6) is 0.313. The summed E-state index contributed by atoms with van der Waals surface area (Å²) in [6, 6.07) is 4.27. The Morgan fingerprint density at radius 3 is 2.55 bits per heavy atom. The number of rotatable bonds is 8. The molecule has 0 heterocycles. The van der Waals surface area contributed by atoms with Gasteiger partial charge in [0.25, 0.3) is 0 Å². The summed E-state index contributed by atoms with van der Waals surface area (Å²) in [6.45, 7) is 0.406. The monoisotopic (exact) mass is 304 g/mol. The van der Waals surface area contributed by atoms with E-state index in [-0.39, 0.29) is 17.5 Å². The van der Waals surface area contributed by atoms with E-state index in [1.807, 2.05) is 0 Å². The first-order valence-corrected chi connectivity index (χ1v) is 7.37. The molecule has 0 aliphatic rings. The predicted octanol–water partition coefficient (Wildman–Crippen LogP) is 0.217. The topological polar surface area (TPSA) is 99.9 Å². The number of benzene rings is 1. The predicted molar refractivity (Wildman–Crippen MR) is 75.3 cm³/mol. The minimum Gasteiger partial charge on any atom is -0.495 e. The summed E-state index contributed by atoms with van der Waals surface area (Å²) in [7, 11) is 0.781. The fourth-order valence-corrected chi connectivity index (χ4v) is 2.62. The molecule has 0 radical (unpaired) electrons. The molecule has 1 aromatic rings. The maximum atomic E-state index is 12.1. The second kappa shape index (κ2) is 7.44. The Bertz CT molecular complexity index is 533. The highest BCUT2D eigenvalue weighted by atomic mass is 32.2. The number of nitrogens with one attached hydrogen (secondary N) is 1. The van der Waals surface area contributed by atoms with Crippen molar-refractivity contribution in [3.63, 3.8) is 0 Å². The molecule has 7 nitrogen and oxygen atoms in total. The van der Waals surface area contributed by atoms with E-state index in [4.69, 9.17) is 19.9 Å². The van der Waals surface area contributed by atoms with Gasteiger partial charge in [0, 0.05) is 26.8 Å². The maximum absolute atomic E-state index is 12.1. The molecular formula is C12H20N2O5S. The maximum Gasteiger partial charge on any atom is 0.240 e. The van der Waals surface area contributed by atoms with Gasteiger partial charge >= 0.3 is 0 Å². The summed E-state index contributed by atoms with van der Waals surface area (Å²) >= 11 is 0. The van der Waals surface area contributed by atoms with Crippen LogP contribution in [0.25, 0.3) is 0 Å². The molecule has 0 aliphatic carbocycles. The molecule has 0 fully saturated rings. The lowest BCUT2D eigenvalue weighted by Gasteiger charge is -2.15. The Morgan fingerprint density at radius 2 is 2.00 bits per heavy atom. The molecular weight excluding hydrogens is 284 g/mol. The van der Waals surface area contributed by atoms with Crippen LogP contribution in [-0.4, -0.2) is 49.0 Å². The van der Waals surface area contributed by atoms with Crippen LogP contribution in [0.4, 0.5) is 5.69 Å². The SMILES string of the molecule is COCC(CNS(=O)(=O)c1ccc(N)c(OC)c1)OC. The summed E-state index contributed by atoms with van der Waals surface area (Å²) in [5.41, 5.74) is 6.03. The van der Waals surface area contributed by atoms with E-state index in [0.29, 0.717) is 18.0 Å². The van der Waals surface area contributed by atoms with Crippen LogP contribution >= 0.6 is 0 Å². The minimum atomic E-state index is -3.65. The highest BCUT2D eigenvalue weighted by molar-refractivity contribution is 7.89. The third kappa shape index (κ3) is 4.34. The fraction of sp³-hybridized carbons (Fsp3) is 0.500. The molecule has 1 atom stereocenters.